The SMILES string of the molecule is Cc1nc2cc(C(CC(=O)O)n3ncc4cc(OCCc5ccc6c(n5)CCCC6)ccc43)ccc2s1. The molecule has 7 nitrogen and oxygen atoms in total. The Morgan fingerprint density at radius 2 is 2.00 bits per heavy atom. The van der Waals surface area contributed by atoms with Crippen molar-refractivity contribution >= 4 is 38.4 Å². The van der Waals surface area contributed by atoms with Gasteiger partial charge in [0.1, 0.15) is 5.75 Å². The van der Waals surface area contributed by atoms with Crippen molar-refractivity contribution < 1.29 is 14.6 Å². The second kappa shape index (κ2) is 9.94. The van der Waals surface area contributed by atoms with Gasteiger partial charge in [-0.3, -0.25) is 14.5 Å². The lowest BCUT2D eigenvalue weighted by Gasteiger charge is -2.18. The average Bonchev–Trinajstić information content (AvgIpc) is 3.48. The Bertz CT molecular complexity index is 1610. The van der Waals surface area contributed by atoms with Gasteiger partial charge in [-0.25, -0.2) is 4.98 Å². The number of rotatable bonds is 8. The van der Waals surface area contributed by atoms with Crippen LogP contribution in [0.2, 0.25) is 0 Å². The highest BCUT2D eigenvalue weighted by Crippen LogP contribution is 2.31. The van der Waals surface area contributed by atoms with Gasteiger partial charge < -0.3 is 9.84 Å². The summed E-state index contributed by atoms with van der Waals surface area (Å²) in [7, 11) is 0. The minimum atomic E-state index is -0.876. The summed E-state index contributed by atoms with van der Waals surface area (Å²) in [5.41, 5.74) is 6.33. The topological polar surface area (TPSA) is 90.1 Å². The number of thiazole rings is 1. The highest BCUT2D eigenvalue weighted by Gasteiger charge is 2.22. The van der Waals surface area contributed by atoms with Crippen LogP contribution in [-0.4, -0.2) is 37.4 Å². The van der Waals surface area contributed by atoms with Gasteiger partial charge in [-0.2, -0.15) is 5.10 Å². The van der Waals surface area contributed by atoms with Gasteiger partial charge in [0, 0.05) is 23.2 Å². The molecule has 0 aliphatic heterocycles. The molecule has 5 aromatic rings. The van der Waals surface area contributed by atoms with E-state index >= 15 is 0 Å². The van der Waals surface area contributed by atoms with Gasteiger partial charge >= 0.3 is 5.97 Å². The van der Waals surface area contributed by atoms with Gasteiger partial charge in [0.2, 0.25) is 0 Å². The van der Waals surface area contributed by atoms with Crippen molar-refractivity contribution in [2.24, 2.45) is 0 Å². The normalized spacial score (nSPS) is 14.1. The van der Waals surface area contributed by atoms with Crippen molar-refractivity contribution in [2.45, 2.75) is 51.5 Å². The second-order valence-electron chi connectivity index (χ2n) is 9.60. The summed E-state index contributed by atoms with van der Waals surface area (Å²) in [6.07, 6.45) is 7.15. The third-order valence-electron chi connectivity index (χ3n) is 7.00. The molecule has 8 heteroatoms. The van der Waals surface area contributed by atoms with E-state index in [0.29, 0.717) is 6.61 Å². The molecule has 6 rings (SSSR count). The molecule has 0 spiro atoms. The molecule has 1 atom stereocenters. The van der Waals surface area contributed by atoms with Gasteiger partial charge in [0.05, 0.1) is 46.0 Å². The van der Waals surface area contributed by atoms with Crippen LogP contribution in [0.25, 0.3) is 21.1 Å². The maximum atomic E-state index is 11.8. The Morgan fingerprint density at radius 3 is 2.89 bits per heavy atom. The number of ether oxygens (including phenoxy) is 1. The molecular weight excluding hydrogens is 484 g/mol. The van der Waals surface area contributed by atoms with E-state index in [9.17, 15) is 9.90 Å². The molecular formula is C29H28N4O3S. The molecule has 0 fully saturated rings. The van der Waals surface area contributed by atoms with Crippen LogP contribution in [0.1, 0.15) is 52.8 Å². The molecule has 0 saturated carbocycles. The van der Waals surface area contributed by atoms with E-state index in [4.69, 9.17) is 9.72 Å². The molecule has 0 radical (unpaired) electrons. The van der Waals surface area contributed by atoms with Crippen LogP contribution < -0.4 is 4.74 Å². The number of nitrogens with zero attached hydrogens (tertiary/aromatic N) is 4. The van der Waals surface area contributed by atoms with Crippen LogP contribution >= 0.6 is 11.3 Å². The molecule has 188 valence electrons. The van der Waals surface area contributed by atoms with Gasteiger partial charge in [-0.15, -0.1) is 11.3 Å². The average molecular weight is 513 g/mol. The van der Waals surface area contributed by atoms with E-state index in [1.54, 1.807) is 22.2 Å². The fourth-order valence-electron chi connectivity index (χ4n) is 5.19. The van der Waals surface area contributed by atoms with Gasteiger partial charge in [0.25, 0.3) is 0 Å². The number of aromatic nitrogens is 4. The van der Waals surface area contributed by atoms with Crippen LogP contribution in [0.4, 0.5) is 0 Å². The Morgan fingerprint density at radius 1 is 1.11 bits per heavy atom. The number of aryl methyl sites for hydroxylation is 3. The van der Waals surface area contributed by atoms with E-state index in [-0.39, 0.29) is 6.42 Å². The molecule has 1 aliphatic carbocycles. The van der Waals surface area contributed by atoms with E-state index in [1.165, 1.54) is 24.1 Å². The van der Waals surface area contributed by atoms with Gasteiger partial charge in [0.15, 0.2) is 0 Å². The fraction of sp³-hybridized carbons (Fsp3) is 0.310. The standard InChI is InChI=1S/C29H28N4O3S/c1-18-31-25-15-20(7-11-28(25)37-18)27(16-29(34)35)33-26-10-9-23(14-21(26)17-30-33)36-13-12-22-8-6-19-4-2-3-5-24(19)32-22/h6-11,14-15,17,27H,2-5,12-13,16H2,1H3,(H,34,35). The van der Waals surface area contributed by atoms with Gasteiger partial charge in [-0.1, -0.05) is 12.1 Å². The van der Waals surface area contributed by atoms with Crippen molar-refractivity contribution in [1.29, 1.82) is 0 Å². The van der Waals surface area contributed by atoms with Crippen LogP contribution in [0, 0.1) is 6.92 Å². The molecule has 0 bridgehead atoms. The minimum absolute atomic E-state index is 0.0720. The number of pyridine rings is 1. The van der Waals surface area contributed by atoms with E-state index in [2.05, 4.69) is 22.2 Å². The summed E-state index contributed by atoms with van der Waals surface area (Å²) in [4.78, 5) is 21.2. The summed E-state index contributed by atoms with van der Waals surface area (Å²) in [6, 6.07) is 15.7. The predicted molar refractivity (Wildman–Crippen MR) is 145 cm³/mol. The quantitative estimate of drug-likeness (QED) is 0.278. The van der Waals surface area contributed by atoms with Crippen molar-refractivity contribution in [3.63, 3.8) is 0 Å². The Kier molecular flexibility index (Phi) is 6.34. The van der Waals surface area contributed by atoms with Crippen molar-refractivity contribution in [1.82, 2.24) is 19.7 Å². The molecule has 1 aliphatic rings. The number of fused-ring (bicyclic) bond motifs is 3. The maximum Gasteiger partial charge on any atom is 0.305 e. The molecule has 1 N–H and O–H groups in total. The first kappa shape index (κ1) is 23.6. The lowest BCUT2D eigenvalue weighted by Crippen LogP contribution is -2.16. The van der Waals surface area contributed by atoms with Crippen LogP contribution in [0.15, 0.2) is 54.7 Å². The zero-order valence-electron chi connectivity index (χ0n) is 20.7. The van der Waals surface area contributed by atoms with Crippen LogP contribution in [-0.2, 0) is 24.1 Å². The molecule has 0 amide bonds. The predicted octanol–water partition coefficient (Wildman–Crippen LogP) is 5.91. The molecule has 3 heterocycles. The highest BCUT2D eigenvalue weighted by molar-refractivity contribution is 7.18. The molecule has 37 heavy (non-hydrogen) atoms. The van der Waals surface area contributed by atoms with Crippen molar-refractivity contribution in [3.8, 4) is 5.75 Å². The summed E-state index contributed by atoms with van der Waals surface area (Å²) < 4.78 is 8.94. The second-order valence-corrected chi connectivity index (χ2v) is 10.8. The highest BCUT2D eigenvalue weighted by atomic mass is 32.1. The first-order valence-electron chi connectivity index (χ1n) is 12.7. The number of hydrogen-bond donors (Lipinski definition) is 1. The monoisotopic (exact) mass is 512 g/mol. The van der Waals surface area contributed by atoms with Crippen LogP contribution in [0.5, 0.6) is 5.75 Å². The van der Waals surface area contributed by atoms with Gasteiger partial charge in [-0.05, 0) is 80.1 Å². The lowest BCUT2D eigenvalue weighted by molar-refractivity contribution is -0.137. The Balaban J connectivity index is 1.21. The van der Waals surface area contributed by atoms with E-state index < -0.39 is 12.0 Å². The largest absolute Gasteiger partial charge is 0.493 e. The minimum Gasteiger partial charge on any atom is -0.493 e. The first-order chi connectivity index (χ1) is 18.0. The summed E-state index contributed by atoms with van der Waals surface area (Å²) in [5, 5.41) is 16.1. The number of carbonyl (C=O) groups is 1. The van der Waals surface area contributed by atoms with Crippen LogP contribution in [0.3, 0.4) is 0 Å². The number of hydrogen-bond acceptors (Lipinski definition) is 6. The third-order valence-corrected chi connectivity index (χ3v) is 7.95. The van der Waals surface area contributed by atoms with E-state index in [1.807, 2.05) is 43.3 Å². The summed E-state index contributed by atoms with van der Waals surface area (Å²) in [5.74, 6) is -0.113. The zero-order chi connectivity index (χ0) is 25.4. The number of carboxylic acid groups (broad SMARTS) is 1. The first-order valence-corrected chi connectivity index (χ1v) is 13.5. The number of aliphatic carboxylic acids is 1. The summed E-state index contributed by atoms with van der Waals surface area (Å²) >= 11 is 1.63. The van der Waals surface area contributed by atoms with Crippen molar-refractivity contribution in [2.75, 3.05) is 6.61 Å². The van der Waals surface area contributed by atoms with Crippen molar-refractivity contribution in [3.05, 3.63) is 82.3 Å². The summed E-state index contributed by atoms with van der Waals surface area (Å²) in [6.45, 7) is 2.52. The molecule has 3 aromatic heterocycles. The molecule has 1 unspecified atom stereocenters. The Hall–Kier alpha value is -3.78. The maximum absolute atomic E-state index is 11.8. The Labute approximate surface area is 218 Å². The molecule has 2 aromatic carbocycles. The number of carboxylic acids is 1. The smallest absolute Gasteiger partial charge is 0.305 e. The third kappa shape index (κ3) is 4.93. The molecule has 0 saturated heterocycles. The van der Waals surface area contributed by atoms with E-state index in [0.717, 1.165) is 62.4 Å². The number of benzene rings is 2. The lowest BCUT2D eigenvalue weighted by atomic mass is 9.96. The fourth-order valence-corrected chi connectivity index (χ4v) is 5.99. The zero-order valence-corrected chi connectivity index (χ0v) is 21.5.